The number of pyridine rings is 1. The molecule has 0 saturated carbocycles. The molecule has 9 heteroatoms. The van der Waals surface area contributed by atoms with Crippen LogP contribution in [0.25, 0.3) is 130 Å². The summed E-state index contributed by atoms with van der Waals surface area (Å²) in [5, 5.41) is 28.7. The molecule has 7 aromatic heterocycles. The molecule has 0 fully saturated rings. The standard InChI is InChI=1S/C35H24N4.C31H17N3OS/c36-30-15-7-4-14-29(30)31-21-18-24(22-37-31)39-33-17-9-6-13-26(33)28-20-19-27-25-12-5-8-16-32(25)38(34(27)35(28)39)23-10-2-1-3-11-23;1-4-10-23-21(8-1)24-15-13-18(17-33(24)32-23)34-25-16-14-20-19-7-2-5-11-26(19)35-30(20)29(25)28-22-9-3-6-12-27(22)36-31(28)34/h1-22,36-37H;1-17H/b31-29-,36-30?;. The van der Waals surface area contributed by atoms with E-state index in [0.29, 0.717) is 5.71 Å². The minimum absolute atomic E-state index is 0.507. The molecule has 1 aliphatic heterocycles. The highest BCUT2D eigenvalue weighted by Gasteiger charge is 2.25. The lowest BCUT2D eigenvalue weighted by molar-refractivity contribution is 0.673. The summed E-state index contributed by atoms with van der Waals surface area (Å²) in [5.41, 5.74) is 15.4. The fraction of sp³-hybridized carbons (Fsp3) is 0. The molecule has 15 aromatic rings. The summed E-state index contributed by atoms with van der Waals surface area (Å²) >= 11 is 1.83. The summed E-state index contributed by atoms with van der Waals surface area (Å²) in [6, 6.07) is 66.6. The molecule has 0 unspecified atom stereocenters. The van der Waals surface area contributed by atoms with Crippen LogP contribution in [-0.2, 0) is 0 Å². The van der Waals surface area contributed by atoms with Crippen LogP contribution in [-0.4, -0.2) is 29.0 Å². The van der Waals surface area contributed by atoms with Crippen LogP contribution in [0.15, 0.2) is 253 Å². The van der Waals surface area contributed by atoms with E-state index in [-0.39, 0.29) is 0 Å². The average molecular weight is 980 g/mol. The third-order valence-corrected chi connectivity index (χ3v) is 16.3. The van der Waals surface area contributed by atoms with Crippen molar-refractivity contribution in [3.05, 3.63) is 248 Å². The summed E-state index contributed by atoms with van der Waals surface area (Å²) in [4.78, 5) is 1.22. The molecule has 0 saturated heterocycles. The number of rotatable bonds is 3. The second-order valence-electron chi connectivity index (χ2n) is 19.2. The minimum atomic E-state index is 0.507. The maximum absolute atomic E-state index is 8.34. The zero-order valence-electron chi connectivity index (χ0n) is 40.1. The van der Waals surface area contributed by atoms with Gasteiger partial charge in [0.15, 0.2) is 0 Å². The van der Waals surface area contributed by atoms with Gasteiger partial charge in [0.05, 0.1) is 67.3 Å². The lowest BCUT2D eigenvalue weighted by atomic mass is 10.0. The number of nitrogens with one attached hydrogen (secondary N) is 2. The summed E-state index contributed by atoms with van der Waals surface area (Å²) in [5.74, 6) is 0. The van der Waals surface area contributed by atoms with Crippen molar-refractivity contribution >= 4 is 136 Å². The second-order valence-corrected chi connectivity index (χ2v) is 20.2. The number of benzene rings is 8. The molecule has 2 aliphatic rings. The lowest BCUT2D eigenvalue weighted by Crippen LogP contribution is -2.15. The van der Waals surface area contributed by atoms with Gasteiger partial charge in [0.1, 0.15) is 16.0 Å². The SMILES string of the molecule is N=C1C=CC=C/C1=C1\C=CC(n2c3ccccc3c3ccc4c5ccccc5n(-c5ccccc5)c4c32)=CN1.c1ccc2c(c1)nn1cc(-n3c4ccc5c6ccccc6oc5c4c4c5ccccc5sc43)ccc21. The number of dihydropyridines is 1. The van der Waals surface area contributed by atoms with Crippen molar-refractivity contribution in [3.63, 3.8) is 0 Å². The topological polar surface area (TPSA) is 81.1 Å². The van der Waals surface area contributed by atoms with Gasteiger partial charge in [0.25, 0.3) is 0 Å². The van der Waals surface area contributed by atoms with E-state index in [1.54, 1.807) is 0 Å². The van der Waals surface area contributed by atoms with E-state index in [1.165, 1.54) is 63.8 Å². The third-order valence-electron chi connectivity index (χ3n) is 15.1. The number of hydrogen-bond donors (Lipinski definition) is 2. The van der Waals surface area contributed by atoms with E-state index in [0.717, 1.165) is 77.7 Å². The fourth-order valence-electron chi connectivity index (χ4n) is 11.9. The van der Waals surface area contributed by atoms with Gasteiger partial charge >= 0.3 is 0 Å². The van der Waals surface area contributed by atoms with Crippen LogP contribution in [0.5, 0.6) is 0 Å². The molecule has 0 amide bonds. The number of nitrogens with zero attached hydrogens (tertiary/aromatic N) is 5. The van der Waals surface area contributed by atoms with Crippen molar-refractivity contribution < 1.29 is 4.42 Å². The quantitative estimate of drug-likeness (QED) is 0.185. The molecule has 0 spiro atoms. The van der Waals surface area contributed by atoms with Crippen LogP contribution in [0, 0.1) is 5.41 Å². The van der Waals surface area contributed by atoms with Gasteiger partial charge in [-0.3, -0.25) is 4.57 Å². The van der Waals surface area contributed by atoms with Crippen molar-refractivity contribution in [2.24, 2.45) is 0 Å². The summed E-state index contributed by atoms with van der Waals surface area (Å²) in [7, 11) is 0. The van der Waals surface area contributed by atoms with Crippen molar-refractivity contribution in [2.75, 3.05) is 0 Å². The summed E-state index contributed by atoms with van der Waals surface area (Å²) in [6.45, 7) is 0. The Kier molecular flexibility index (Phi) is 8.89. The van der Waals surface area contributed by atoms with Crippen molar-refractivity contribution in [3.8, 4) is 11.4 Å². The molecule has 0 radical (unpaired) electrons. The summed E-state index contributed by atoms with van der Waals surface area (Å²) < 4.78 is 16.9. The lowest BCUT2D eigenvalue weighted by Gasteiger charge is -2.18. The smallest absolute Gasteiger partial charge is 0.145 e. The predicted octanol–water partition coefficient (Wildman–Crippen LogP) is 16.9. The molecule has 8 aromatic carbocycles. The molecular formula is C66H41N7OS. The van der Waals surface area contributed by atoms with E-state index < -0.39 is 0 Å². The molecule has 352 valence electrons. The Morgan fingerprint density at radius 3 is 1.91 bits per heavy atom. The average Bonchev–Trinajstić information content (AvgIpc) is 4.44. The zero-order chi connectivity index (χ0) is 49.3. The Bertz CT molecular complexity index is 5120. The number of allylic oxidation sites excluding steroid dienone is 8. The second kappa shape index (κ2) is 16.0. The molecule has 2 N–H and O–H groups in total. The number of fused-ring (bicyclic) bond motifs is 19. The van der Waals surface area contributed by atoms with E-state index in [4.69, 9.17) is 14.9 Å². The molecule has 0 bridgehead atoms. The third kappa shape index (κ3) is 6.10. The van der Waals surface area contributed by atoms with Crippen LogP contribution >= 0.6 is 11.3 Å². The first-order valence-corrected chi connectivity index (χ1v) is 25.9. The number of hydrogen-bond acceptors (Lipinski definition) is 5. The van der Waals surface area contributed by atoms with Gasteiger partial charge < -0.3 is 24.3 Å². The molecule has 17 rings (SSSR count). The number of para-hydroxylation sites is 4. The first-order valence-electron chi connectivity index (χ1n) is 25.1. The van der Waals surface area contributed by atoms with E-state index >= 15 is 0 Å². The molecule has 1 aliphatic carbocycles. The van der Waals surface area contributed by atoms with E-state index in [9.17, 15) is 0 Å². The largest absolute Gasteiger partial charge is 0.455 e. The first-order chi connectivity index (χ1) is 37.1. The molecular weight excluding hydrogens is 939 g/mol. The van der Waals surface area contributed by atoms with Gasteiger partial charge in [0.2, 0.25) is 0 Å². The Labute approximate surface area is 431 Å². The normalized spacial score (nSPS) is 14.8. The van der Waals surface area contributed by atoms with Gasteiger partial charge in [-0.1, -0.05) is 140 Å². The molecule has 75 heavy (non-hydrogen) atoms. The monoisotopic (exact) mass is 979 g/mol. The number of aromatic nitrogens is 5. The van der Waals surface area contributed by atoms with Crippen molar-refractivity contribution in [1.82, 2.24) is 28.6 Å². The maximum atomic E-state index is 8.34. The van der Waals surface area contributed by atoms with Crippen molar-refractivity contribution in [1.29, 1.82) is 5.41 Å². The maximum Gasteiger partial charge on any atom is 0.145 e. The summed E-state index contributed by atoms with van der Waals surface area (Å²) in [6.07, 6.45) is 16.1. The number of thiophene rings is 1. The first kappa shape index (κ1) is 41.6. The molecule has 0 atom stereocenters. The van der Waals surface area contributed by atoms with Crippen LogP contribution in [0.4, 0.5) is 0 Å². The highest BCUT2D eigenvalue weighted by molar-refractivity contribution is 7.25. The van der Waals surface area contributed by atoms with E-state index in [1.807, 2.05) is 52.3 Å². The van der Waals surface area contributed by atoms with E-state index in [2.05, 4.69) is 219 Å². The van der Waals surface area contributed by atoms with Crippen LogP contribution in [0.3, 0.4) is 0 Å². The highest BCUT2D eigenvalue weighted by atomic mass is 32.1. The molecule has 8 nitrogen and oxygen atoms in total. The van der Waals surface area contributed by atoms with Gasteiger partial charge in [0, 0.05) is 76.3 Å². The van der Waals surface area contributed by atoms with Crippen LogP contribution in [0.1, 0.15) is 0 Å². The van der Waals surface area contributed by atoms with Gasteiger partial charge in [-0.25, -0.2) is 4.52 Å². The number of furan rings is 1. The Hall–Kier alpha value is -9.96. The Morgan fingerprint density at radius 1 is 0.467 bits per heavy atom. The van der Waals surface area contributed by atoms with Gasteiger partial charge in [-0.15, -0.1) is 11.3 Å². The predicted molar refractivity (Wildman–Crippen MR) is 313 cm³/mol. The van der Waals surface area contributed by atoms with Crippen LogP contribution < -0.4 is 5.32 Å². The zero-order valence-corrected chi connectivity index (χ0v) is 40.9. The minimum Gasteiger partial charge on any atom is -0.455 e. The highest BCUT2D eigenvalue weighted by Crippen LogP contribution is 2.47. The van der Waals surface area contributed by atoms with Crippen molar-refractivity contribution in [2.45, 2.75) is 0 Å². The van der Waals surface area contributed by atoms with Gasteiger partial charge in [-0.05, 0) is 85.0 Å². The fourth-order valence-corrected chi connectivity index (χ4v) is 13.1. The Morgan fingerprint density at radius 2 is 1.12 bits per heavy atom. The molecule has 8 heterocycles. The van der Waals surface area contributed by atoms with Crippen LogP contribution in [0.2, 0.25) is 0 Å². The Balaban J connectivity index is 0.000000127. The van der Waals surface area contributed by atoms with Gasteiger partial charge in [-0.2, -0.15) is 5.10 Å².